The molecule has 1 aliphatic rings. The van der Waals surface area contributed by atoms with Crippen LogP contribution in [-0.4, -0.2) is 18.0 Å². The Hall–Kier alpha value is -1.26. The molecule has 1 saturated carbocycles. The minimum Gasteiger partial charge on any atom is -0.356 e. The van der Waals surface area contributed by atoms with E-state index >= 15 is 0 Å². The highest BCUT2D eigenvalue weighted by Gasteiger charge is 2.14. The molecule has 74 valence electrons. The fourth-order valence-electron chi connectivity index (χ4n) is 1.63. The molecule has 1 aliphatic carbocycles. The average molecular weight is 184 g/mol. The normalized spacial score (nSPS) is 19.8. The zero-order valence-corrected chi connectivity index (χ0v) is 7.79. The van der Waals surface area contributed by atoms with Crippen molar-refractivity contribution in [1.82, 2.24) is 0 Å². The molecular formula is C8H18N5+. The Morgan fingerprint density at radius 1 is 1.08 bits per heavy atom. The molecular weight excluding hydrogens is 166 g/mol. The fourth-order valence-corrected chi connectivity index (χ4v) is 1.63. The first-order chi connectivity index (χ1) is 6.18. The lowest BCUT2D eigenvalue weighted by Gasteiger charge is -2.15. The summed E-state index contributed by atoms with van der Waals surface area (Å²) >= 11 is 0. The standard InChI is InChI=1S/C8H17N5/c9-7(10)13-8(11)12-6-4-2-1-3-5-6/h6H,1-5H2,(H6,9,10,11,12,13)/p+1. The zero-order valence-electron chi connectivity index (χ0n) is 7.79. The van der Waals surface area contributed by atoms with Crippen LogP contribution in [0, 0.1) is 0 Å². The van der Waals surface area contributed by atoms with Crippen LogP contribution in [0.1, 0.15) is 32.1 Å². The van der Waals surface area contributed by atoms with Crippen LogP contribution >= 0.6 is 0 Å². The van der Waals surface area contributed by atoms with Crippen LogP contribution in [0.15, 0.2) is 4.99 Å². The van der Waals surface area contributed by atoms with E-state index in [2.05, 4.69) is 9.98 Å². The molecule has 0 bridgehead atoms. The number of nitrogens with one attached hydrogen (secondary N) is 1. The Bertz CT molecular complexity index is 211. The van der Waals surface area contributed by atoms with Crippen molar-refractivity contribution in [2.45, 2.75) is 38.1 Å². The number of nitrogens with two attached hydrogens (primary N) is 3. The second-order valence-corrected chi connectivity index (χ2v) is 3.40. The lowest BCUT2D eigenvalue weighted by Crippen LogP contribution is -2.81. The maximum Gasteiger partial charge on any atom is 0.386 e. The van der Waals surface area contributed by atoms with Crippen molar-refractivity contribution < 1.29 is 4.99 Å². The van der Waals surface area contributed by atoms with Crippen LogP contribution in [0.5, 0.6) is 0 Å². The van der Waals surface area contributed by atoms with Crippen molar-refractivity contribution in [3.05, 3.63) is 0 Å². The third-order valence-electron chi connectivity index (χ3n) is 2.21. The van der Waals surface area contributed by atoms with Crippen LogP contribution in [0.2, 0.25) is 0 Å². The van der Waals surface area contributed by atoms with Gasteiger partial charge in [-0.15, -0.1) is 0 Å². The molecule has 7 N–H and O–H groups in total. The Balaban J connectivity index is 2.48. The second-order valence-electron chi connectivity index (χ2n) is 3.40. The molecule has 1 rings (SSSR count). The van der Waals surface area contributed by atoms with Crippen LogP contribution in [-0.2, 0) is 0 Å². The molecule has 0 heterocycles. The van der Waals surface area contributed by atoms with Gasteiger partial charge in [-0.25, -0.2) is 0 Å². The molecule has 0 spiro atoms. The minimum absolute atomic E-state index is 0.000749. The summed E-state index contributed by atoms with van der Waals surface area (Å²) < 4.78 is 0. The highest BCUT2D eigenvalue weighted by Crippen LogP contribution is 2.13. The molecule has 5 heteroatoms. The van der Waals surface area contributed by atoms with Crippen molar-refractivity contribution in [3.8, 4) is 0 Å². The number of rotatable bonds is 1. The van der Waals surface area contributed by atoms with Crippen LogP contribution in [0.4, 0.5) is 0 Å². The minimum atomic E-state index is 0.000749. The summed E-state index contributed by atoms with van der Waals surface area (Å²) in [7, 11) is 0. The van der Waals surface area contributed by atoms with Gasteiger partial charge in [0.1, 0.15) is 0 Å². The van der Waals surface area contributed by atoms with Gasteiger partial charge in [-0.3, -0.25) is 10.7 Å². The first kappa shape index (κ1) is 9.83. The molecule has 0 radical (unpaired) electrons. The monoisotopic (exact) mass is 184 g/mol. The molecule has 1 fully saturated rings. The second kappa shape index (κ2) is 4.69. The van der Waals surface area contributed by atoms with E-state index < -0.39 is 0 Å². The molecule has 0 aliphatic heterocycles. The molecule has 0 amide bonds. The van der Waals surface area contributed by atoms with E-state index in [1.165, 1.54) is 19.3 Å². The fraction of sp³-hybridized carbons (Fsp3) is 0.750. The van der Waals surface area contributed by atoms with Gasteiger partial charge < -0.3 is 11.5 Å². The Morgan fingerprint density at radius 3 is 2.23 bits per heavy atom. The van der Waals surface area contributed by atoms with E-state index in [1.54, 1.807) is 0 Å². The van der Waals surface area contributed by atoms with Crippen molar-refractivity contribution in [2.24, 2.45) is 22.2 Å². The molecule has 0 aromatic carbocycles. The highest BCUT2D eigenvalue weighted by atomic mass is 15.1. The van der Waals surface area contributed by atoms with Crippen LogP contribution in [0.3, 0.4) is 0 Å². The van der Waals surface area contributed by atoms with Gasteiger partial charge in [-0.05, 0) is 17.8 Å². The summed E-state index contributed by atoms with van der Waals surface area (Å²) in [5.41, 5.74) is 15.9. The topological polar surface area (TPSA) is 104 Å². The number of hydrogen-bond acceptors (Lipinski definition) is 0. The molecule has 5 nitrogen and oxygen atoms in total. The Labute approximate surface area is 78.1 Å². The number of nitrogens with zero attached hydrogens (tertiary/aromatic N) is 1. The van der Waals surface area contributed by atoms with E-state index in [0.29, 0.717) is 12.0 Å². The third-order valence-corrected chi connectivity index (χ3v) is 2.21. The van der Waals surface area contributed by atoms with E-state index in [4.69, 9.17) is 17.2 Å². The van der Waals surface area contributed by atoms with Gasteiger partial charge in [-0.1, -0.05) is 19.3 Å². The molecule has 0 saturated heterocycles. The van der Waals surface area contributed by atoms with Gasteiger partial charge in [0, 0.05) is 0 Å². The predicted molar refractivity (Wildman–Crippen MR) is 52.8 cm³/mol. The van der Waals surface area contributed by atoms with Gasteiger partial charge in [-0.2, -0.15) is 0 Å². The predicted octanol–water partition coefficient (Wildman–Crippen LogP) is -2.01. The number of hydrogen-bond donors (Lipinski definition) is 4. The molecule has 13 heavy (non-hydrogen) atoms. The summed E-state index contributed by atoms with van der Waals surface area (Å²) in [6.07, 6.45) is 6.14. The SMILES string of the molecule is NC(N)=NC(N)=[NH+]C1CCCCC1. The maximum absolute atomic E-state index is 5.56. The molecule has 0 atom stereocenters. The van der Waals surface area contributed by atoms with E-state index in [0.717, 1.165) is 12.8 Å². The summed E-state index contributed by atoms with van der Waals surface area (Å²) in [6.45, 7) is 0. The Kier molecular flexibility index (Phi) is 3.54. The zero-order chi connectivity index (χ0) is 9.68. The van der Waals surface area contributed by atoms with Crippen LogP contribution in [0.25, 0.3) is 0 Å². The summed E-state index contributed by atoms with van der Waals surface area (Å²) in [5, 5.41) is 0. The largest absolute Gasteiger partial charge is 0.386 e. The van der Waals surface area contributed by atoms with Crippen molar-refractivity contribution >= 4 is 11.9 Å². The molecule has 0 aromatic rings. The van der Waals surface area contributed by atoms with Gasteiger partial charge in [0.05, 0.1) is 6.04 Å². The van der Waals surface area contributed by atoms with Crippen molar-refractivity contribution in [2.75, 3.05) is 0 Å². The molecule has 0 aromatic heterocycles. The summed E-state index contributed by atoms with van der Waals surface area (Å²) in [5.74, 6) is 0.327. The van der Waals surface area contributed by atoms with Gasteiger partial charge >= 0.3 is 5.96 Å². The highest BCUT2D eigenvalue weighted by molar-refractivity contribution is 5.89. The summed E-state index contributed by atoms with van der Waals surface area (Å²) in [6, 6.07) is 0.442. The first-order valence-corrected chi connectivity index (χ1v) is 4.67. The Morgan fingerprint density at radius 2 is 1.69 bits per heavy atom. The lowest BCUT2D eigenvalue weighted by atomic mass is 9.96. The number of guanidine groups is 2. The first-order valence-electron chi connectivity index (χ1n) is 4.67. The van der Waals surface area contributed by atoms with Crippen molar-refractivity contribution in [3.63, 3.8) is 0 Å². The van der Waals surface area contributed by atoms with Gasteiger partial charge in [0.25, 0.3) is 5.96 Å². The average Bonchev–Trinajstić information content (AvgIpc) is 2.04. The van der Waals surface area contributed by atoms with E-state index in [-0.39, 0.29) is 5.96 Å². The quantitative estimate of drug-likeness (QED) is 0.279. The van der Waals surface area contributed by atoms with E-state index in [9.17, 15) is 0 Å². The smallest absolute Gasteiger partial charge is 0.356 e. The van der Waals surface area contributed by atoms with Crippen LogP contribution < -0.4 is 22.2 Å². The van der Waals surface area contributed by atoms with Gasteiger partial charge in [0.2, 0.25) is 0 Å². The van der Waals surface area contributed by atoms with E-state index in [1.807, 2.05) is 0 Å². The third kappa shape index (κ3) is 3.78. The van der Waals surface area contributed by atoms with Gasteiger partial charge in [0.15, 0.2) is 0 Å². The lowest BCUT2D eigenvalue weighted by molar-refractivity contribution is -0.509. The molecule has 0 unspecified atom stereocenters. The number of aliphatic imine (C=N–C) groups is 1. The van der Waals surface area contributed by atoms with Crippen molar-refractivity contribution in [1.29, 1.82) is 0 Å². The summed E-state index contributed by atoms with van der Waals surface area (Å²) in [4.78, 5) is 6.82. The maximum atomic E-state index is 5.56.